The standard InChI is InChI=1S/C14H19O7P/c1-18-13(15)11(14(16)19-2)12(22(17,20-3)21-4)10-8-6-5-7-9-10/h5-9,11-12H,1-4H3/t12-/m1/s1. The smallest absolute Gasteiger partial charge is 0.339 e. The zero-order valence-corrected chi connectivity index (χ0v) is 13.7. The van der Waals surface area contributed by atoms with Crippen molar-refractivity contribution in [1.82, 2.24) is 0 Å². The Morgan fingerprint density at radius 3 is 1.73 bits per heavy atom. The van der Waals surface area contributed by atoms with Crippen molar-refractivity contribution in [2.45, 2.75) is 5.66 Å². The van der Waals surface area contributed by atoms with Crippen molar-refractivity contribution in [2.75, 3.05) is 28.4 Å². The van der Waals surface area contributed by atoms with Gasteiger partial charge in [0.25, 0.3) is 0 Å². The molecule has 0 unspecified atom stereocenters. The predicted octanol–water partition coefficient (Wildman–Crippen LogP) is 2.18. The number of ether oxygens (including phenoxy) is 2. The fourth-order valence-corrected chi connectivity index (χ4v) is 3.87. The molecule has 0 amide bonds. The zero-order chi connectivity index (χ0) is 16.8. The lowest BCUT2D eigenvalue weighted by atomic mass is 9.98. The van der Waals surface area contributed by atoms with E-state index >= 15 is 0 Å². The summed E-state index contributed by atoms with van der Waals surface area (Å²) in [6.07, 6.45) is 0. The van der Waals surface area contributed by atoms with E-state index < -0.39 is 31.1 Å². The van der Waals surface area contributed by atoms with Gasteiger partial charge in [-0.3, -0.25) is 14.2 Å². The second-order valence-corrected chi connectivity index (χ2v) is 6.65. The van der Waals surface area contributed by atoms with Crippen molar-refractivity contribution in [3.05, 3.63) is 35.9 Å². The lowest BCUT2D eigenvalue weighted by Gasteiger charge is -2.28. The van der Waals surface area contributed by atoms with Crippen LogP contribution >= 0.6 is 7.60 Å². The third-order valence-electron chi connectivity index (χ3n) is 3.22. The third kappa shape index (κ3) is 3.74. The summed E-state index contributed by atoms with van der Waals surface area (Å²) in [7, 11) is 0.827. The number of carbonyl (C=O) groups is 2. The Kier molecular flexibility index (Phi) is 6.74. The van der Waals surface area contributed by atoms with Gasteiger partial charge in [0.15, 0.2) is 5.92 Å². The summed E-state index contributed by atoms with van der Waals surface area (Å²) in [6, 6.07) is 8.35. The van der Waals surface area contributed by atoms with Crippen LogP contribution in [0, 0.1) is 5.92 Å². The Balaban J connectivity index is 3.50. The molecule has 7 nitrogen and oxygen atoms in total. The van der Waals surface area contributed by atoms with E-state index in [1.165, 1.54) is 14.2 Å². The monoisotopic (exact) mass is 330 g/mol. The summed E-state index contributed by atoms with van der Waals surface area (Å²) in [4.78, 5) is 24.1. The van der Waals surface area contributed by atoms with Gasteiger partial charge in [-0.05, 0) is 5.56 Å². The first-order valence-electron chi connectivity index (χ1n) is 6.37. The molecule has 122 valence electrons. The van der Waals surface area contributed by atoms with E-state index in [-0.39, 0.29) is 0 Å². The minimum atomic E-state index is -3.81. The van der Waals surface area contributed by atoms with Crippen LogP contribution in [0.5, 0.6) is 0 Å². The first-order chi connectivity index (χ1) is 10.4. The van der Waals surface area contributed by atoms with Crippen LogP contribution in [0.1, 0.15) is 11.2 Å². The molecule has 0 aromatic heterocycles. The lowest BCUT2D eigenvalue weighted by Crippen LogP contribution is -2.32. The van der Waals surface area contributed by atoms with Gasteiger partial charge < -0.3 is 18.5 Å². The van der Waals surface area contributed by atoms with Gasteiger partial charge in [-0.2, -0.15) is 0 Å². The largest absolute Gasteiger partial charge is 0.468 e. The topological polar surface area (TPSA) is 88.1 Å². The highest BCUT2D eigenvalue weighted by molar-refractivity contribution is 7.54. The molecule has 22 heavy (non-hydrogen) atoms. The van der Waals surface area contributed by atoms with Crippen LogP contribution in [0.15, 0.2) is 30.3 Å². The number of hydrogen-bond acceptors (Lipinski definition) is 7. The van der Waals surface area contributed by atoms with E-state index in [4.69, 9.17) is 9.05 Å². The summed E-state index contributed by atoms with van der Waals surface area (Å²) in [5.74, 6) is -3.23. The Bertz CT molecular complexity index is 534. The number of rotatable bonds is 7. The Hall–Kier alpha value is -1.69. The molecule has 1 aromatic rings. The van der Waals surface area contributed by atoms with Gasteiger partial charge in [-0.15, -0.1) is 0 Å². The zero-order valence-electron chi connectivity index (χ0n) is 12.8. The number of benzene rings is 1. The molecule has 8 heteroatoms. The van der Waals surface area contributed by atoms with Crippen molar-refractivity contribution in [3.63, 3.8) is 0 Å². The van der Waals surface area contributed by atoms with Gasteiger partial charge in [0.05, 0.1) is 14.2 Å². The van der Waals surface area contributed by atoms with Gasteiger partial charge in [-0.1, -0.05) is 30.3 Å². The Morgan fingerprint density at radius 2 is 1.36 bits per heavy atom. The van der Waals surface area contributed by atoms with Crippen molar-refractivity contribution in [1.29, 1.82) is 0 Å². The molecular weight excluding hydrogens is 311 g/mol. The van der Waals surface area contributed by atoms with E-state index in [2.05, 4.69) is 9.47 Å². The molecule has 0 fully saturated rings. The number of esters is 2. The molecule has 1 aromatic carbocycles. The van der Waals surface area contributed by atoms with E-state index in [1.54, 1.807) is 30.3 Å². The second-order valence-electron chi connectivity index (χ2n) is 4.28. The maximum atomic E-state index is 12.9. The second kappa shape index (κ2) is 8.08. The molecular formula is C14H19O7P. The first-order valence-corrected chi connectivity index (χ1v) is 7.98. The van der Waals surface area contributed by atoms with Crippen LogP contribution in [0.2, 0.25) is 0 Å². The Morgan fingerprint density at radius 1 is 0.909 bits per heavy atom. The SMILES string of the molecule is COC(=O)C(C(=O)OC)[C@@H](c1ccccc1)P(=O)(OC)OC. The van der Waals surface area contributed by atoms with E-state index in [9.17, 15) is 14.2 Å². The van der Waals surface area contributed by atoms with E-state index in [1.807, 2.05) is 0 Å². The van der Waals surface area contributed by atoms with Crippen LogP contribution in [-0.2, 0) is 32.7 Å². The number of carbonyl (C=O) groups excluding carboxylic acids is 2. The quantitative estimate of drug-likeness (QED) is 0.430. The summed E-state index contributed by atoms with van der Waals surface area (Å²) in [5, 5.41) is 0. The highest BCUT2D eigenvalue weighted by atomic mass is 31.2. The molecule has 0 saturated carbocycles. The van der Waals surface area contributed by atoms with Crippen molar-refractivity contribution >= 4 is 19.5 Å². The molecule has 0 aliphatic carbocycles. The molecule has 0 aliphatic heterocycles. The summed E-state index contributed by atoms with van der Waals surface area (Å²) >= 11 is 0. The maximum absolute atomic E-state index is 12.9. The van der Waals surface area contributed by atoms with Crippen LogP contribution in [0.25, 0.3) is 0 Å². The minimum Gasteiger partial charge on any atom is -0.468 e. The van der Waals surface area contributed by atoms with Crippen LogP contribution < -0.4 is 0 Å². The maximum Gasteiger partial charge on any atom is 0.339 e. The highest BCUT2D eigenvalue weighted by Crippen LogP contribution is 2.63. The molecule has 1 rings (SSSR count). The summed E-state index contributed by atoms with van der Waals surface area (Å²) in [6.45, 7) is 0. The van der Waals surface area contributed by atoms with Crippen LogP contribution in [-0.4, -0.2) is 40.4 Å². The third-order valence-corrected chi connectivity index (χ3v) is 5.51. The van der Waals surface area contributed by atoms with Crippen molar-refractivity contribution in [3.8, 4) is 0 Å². The number of hydrogen-bond donors (Lipinski definition) is 0. The van der Waals surface area contributed by atoms with Gasteiger partial charge in [0.2, 0.25) is 0 Å². The molecule has 0 aliphatic rings. The highest BCUT2D eigenvalue weighted by Gasteiger charge is 2.49. The summed E-state index contributed by atoms with van der Waals surface area (Å²) in [5.41, 5.74) is -0.737. The molecule has 0 radical (unpaired) electrons. The predicted molar refractivity (Wildman–Crippen MR) is 78.3 cm³/mol. The first kappa shape index (κ1) is 18.4. The number of methoxy groups -OCH3 is 2. The van der Waals surface area contributed by atoms with Crippen molar-refractivity contribution in [2.24, 2.45) is 5.92 Å². The molecule has 0 saturated heterocycles. The normalized spacial score (nSPS) is 12.8. The van der Waals surface area contributed by atoms with Gasteiger partial charge in [-0.25, -0.2) is 0 Å². The summed E-state index contributed by atoms with van der Waals surface area (Å²) < 4.78 is 32.2. The average molecular weight is 330 g/mol. The molecule has 0 bridgehead atoms. The lowest BCUT2D eigenvalue weighted by molar-refractivity contribution is -0.159. The molecule has 0 spiro atoms. The van der Waals surface area contributed by atoms with Crippen LogP contribution in [0.3, 0.4) is 0 Å². The fourth-order valence-electron chi connectivity index (χ4n) is 2.12. The van der Waals surface area contributed by atoms with Crippen LogP contribution in [0.4, 0.5) is 0 Å². The van der Waals surface area contributed by atoms with Gasteiger partial charge in [0.1, 0.15) is 5.66 Å². The molecule has 0 heterocycles. The minimum absolute atomic E-state index is 0.440. The molecule has 0 N–H and O–H groups in total. The average Bonchev–Trinajstić information content (AvgIpc) is 2.58. The van der Waals surface area contributed by atoms with Crippen molar-refractivity contribution < 1.29 is 32.7 Å². The fraction of sp³-hybridized carbons (Fsp3) is 0.429. The van der Waals surface area contributed by atoms with Gasteiger partial charge in [0, 0.05) is 14.2 Å². The van der Waals surface area contributed by atoms with E-state index in [0.717, 1.165) is 14.2 Å². The van der Waals surface area contributed by atoms with Gasteiger partial charge >= 0.3 is 19.5 Å². The molecule has 1 atom stereocenters. The van der Waals surface area contributed by atoms with E-state index in [0.29, 0.717) is 5.56 Å². The Labute approximate surface area is 129 Å².